The number of methoxy groups -OCH3 is 1. The Labute approximate surface area is 143 Å². The minimum absolute atomic E-state index is 0.111. The van der Waals surface area contributed by atoms with Gasteiger partial charge in [0, 0.05) is 24.7 Å². The van der Waals surface area contributed by atoms with Crippen molar-refractivity contribution >= 4 is 17.6 Å². The molecule has 1 amide bonds. The van der Waals surface area contributed by atoms with E-state index in [0.717, 1.165) is 5.75 Å². The van der Waals surface area contributed by atoms with E-state index in [1.54, 1.807) is 31.4 Å². The molecule has 0 heterocycles. The standard InChI is InChI=1S/C18H28N2O4/c1-5-18(6-2,17(22)23)12-19-13(3)11-16(21)20-14-7-9-15(24-4)10-8-14/h7-10,13,19H,5-6,11-12H2,1-4H3,(H,20,21)(H,22,23). The van der Waals surface area contributed by atoms with E-state index < -0.39 is 11.4 Å². The summed E-state index contributed by atoms with van der Waals surface area (Å²) >= 11 is 0. The van der Waals surface area contributed by atoms with Crippen LogP contribution in [0.25, 0.3) is 0 Å². The van der Waals surface area contributed by atoms with E-state index in [1.165, 1.54) is 0 Å². The first-order chi connectivity index (χ1) is 11.4. The topological polar surface area (TPSA) is 87.7 Å². The molecule has 1 atom stereocenters. The third-order valence-corrected chi connectivity index (χ3v) is 4.46. The maximum absolute atomic E-state index is 12.1. The summed E-state index contributed by atoms with van der Waals surface area (Å²) in [5.74, 6) is -0.184. The van der Waals surface area contributed by atoms with Gasteiger partial charge in [0.15, 0.2) is 0 Å². The largest absolute Gasteiger partial charge is 0.497 e. The van der Waals surface area contributed by atoms with Crippen LogP contribution in [0.2, 0.25) is 0 Å². The maximum Gasteiger partial charge on any atom is 0.310 e. The Hall–Kier alpha value is -2.08. The van der Waals surface area contributed by atoms with E-state index in [2.05, 4.69) is 10.6 Å². The predicted molar refractivity (Wildman–Crippen MR) is 94.4 cm³/mol. The lowest BCUT2D eigenvalue weighted by Crippen LogP contribution is -2.44. The van der Waals surface area contributed by atoms with Crippen molar-refractivity contribution in [2.45, 2.75) is 46.1 Å². The van der Waals surface area contributed by atoms with E-state index in [4.69, 9.17) is 4.74 Å². The van der Waals surface area contributed by atoms with Crippen LogP contribution in [0.3, 0.4) is 0 Å². The fourth-order valence-corrected chi connectivity index (χ4v) is 2.48. The highest BCUT2D eigenvalue weighted by atomic mass is 16.5. The van der Waals surface area contributed by atoms with Crippen molar-refractivity contribution in [2.75, 3.05) is 19.0 Å². The molecule has 1 rings (SSSR count). The molecule has 1 unspecified atom stereocenters. The Morgan fingerprint density at radius 2 is 1.79 bits per heavy atom. The van der Waals surface area contributed by atoms with Crippen molar-refractivity contribution in [1.82, 2.24) is 5.32 Å². The summed E-state index contributed by atoms with van der Waals surface area (Å²) in [6.45, 7) is 5.98. The Balaban J connectivity index is 2.50. The molecule has 0 aliphatic heterocycles. The maximum atomic E-state index is 12.1. The monoisotopic (exact) mass is 336 g/mol. The zero-order valence-electron chi connectivity index (χ0n) is 14.9. The lowest BCUT2D eigenvalue weighted by molar-refractivity contribution is -0.149. The van der Waals surface area contributed by atoms with Crippen LogP contribution >= 0.6 is 0 Å². The number of hydrogen-bond donors (Lipinski definition) is 3. The van der Waals surface area contributed by atoms with Gasteiger partial charge in [-0.15, -0.1) is 0 Å². The third-order valence-electron chi connectivity index (χ3n) is 4.46. The second-order valence-corrected chi connectivity index (χ2v) is 6.06. The summed E-state index contributed by atoms with van der Waals surface area (Å²) in [6.07, 6.45) is 1.38. The van der Waals surface area contributed by atoms with Crippen molar-refractivity contribution in [3.8, 4) is 5.75 Å². The van der Waals surface area contributed by atoms with Gasteiger partial charge in [0.1, 0.15) is 5.75 Å². The van der Waals surface area contributed by atoms with Crippen molar-refractivity contribution < 1.29 is 19.4 Å². The Morgan fingerprint density at radius 3 is 2.25 bits per heavy atom. The molecule has 0 bridgehead atoms. The molecule has 3 N–H and O–H groups in total. The van der Waals surface area contributed by atoms with E-state index in [9.17, 15) is 14.7 Å². The number of anilines is 1. The molecule has 0 aromatic heterocycles. The van der Waals surface area contributed by atoms with Crippen LogP contribution < -0.4 is 15.4 Å². The average molecular weight is 336 g/mol. The van der Waals surface area contributed by atoms with E-state index in [1.807, 2.05) is 20.8 Å². The number of benzene rings is 1. The van der Waals surface area contributed by atoms with Gasteiger partial charge in [-0.2, -0.15) is 0 Å². The Bertz CT molecular complexity index is 538. The molecule has 0 spiro atoms. The molecule has 0 aliphatic rings. The summed E-state index contributed by atoms with van der Waals surface area (Å²) in [6, 6.07) is 7.00. The lowest BCUT2D eigenvalue weighted by Gasteiger charge is -2.28. The van der Waals surface area contributed by atoms with Gasteiger partial charge in [-0.05, 0) is 44.0 Å². The van der Waals surface area contributed by atoms with Crippen LogP contribution in [-0.4, -0.2) is 36.7 Å². The quantitative estimate of drug-likeness (QED) is 0.611. The Morgan fingerprint density at radius 1 is 1.21 bits per heavy atom. The molecule has 1 aromatic carbocycles. The number of carboxylic acid groups (broad SMARTS) is 1. The predicted octanol–water partition coefficient (Wildman–Crippen LogP) is 2.89. The first kappa shape index (κ1) is 20.0. The summed E-state index contributed by atoms with van der Waals surface area (Å²) < 4.78 is 5.07. The minimum atomic E-state index is -0.796. The molecule has 0 saturated carbocycles. The van der Waals surface area contributed by atoms with E-state index >= 15 is 0 Å². The van der Waals surface area contributed by atoms with Gasteiger partial charge in [-0.3, -0.25) is 9.59 Å². The van der Waals surface area contributed by atoms with Gasteiger partial charge in [0.25, 0.3) is 0 Å². The number of amides is 1. The zero-order valence-corrected chi connectivity index (χ0v) is 14.9. The van der Waals surface area contributed by atoms with Crippen LogP contribution in [0.5, 0.6) is 5.75 Å². The van der Waals surface area contributed by atoms with Crippen molar-refractivity contribution in [3.63, 3.8) is 0 Å². The highest BCUT2D eigenvalue weighted by molar-refractivity contribution is 5.91. The number of carboxylic acids is 1. The number of carbonyl (C=O) groups is 2. The van der Waals surface area contributed by atoms with Crippen LogP contribution in [0.1, 0.15) is 40.0 Å². The number of ether oxygens (including phenoxy) is 1. The highest BCUT2D eigenvalue weighted by Crippen LogP contribution is 2.26. The number of aliphatic carboxylic acids is 1. The molecule has 0 saturated heterocycles. The number of rotatable bonds is 10. The first-order valence-corrected chi connectivity index (χ1v) is 8.27. The number of nitrogens with one attached hydrogen (secondary N) is 2. The highest BCUT2D eigenvalue weighted by Gasteiger charge is 2.34. The minimum Gasteiger partial charge on any atom is -0.497 e. The van der Waals surface area contributed by atoms with E-state index in [0.29, 0.717) is 25.1 Å². The molecule has 0 radical (unpaired) electrons. The van der Waals surface area contributed by atoms with Gasteiger partial charge in [-0.25, -0.2) is 0 Å². The van der Waals surface area contributed by atoms with Crippen molar-refractivity contribution in [2.24, 2.45) is 5.41 Å². The van der Waals surface area contributed by atoms with Crippen LogP contribution in [0.4, 0.5) is 5.69 Å². The second-order valence-electron chi connectivity index (χ2n) is 6.06. The third kappa shape index (κ3) is 5.53. The average Bonchev–Trinajstić information content (AvgIpc) is 2.56. The summed E-state index contributed by atoms with van der Waals surface area (Å²) in [4.78, 5) is 23.6. The molecule has 24 heavy (non-hydrogen) atoms. The first-order valence-electron chi connectivity index (χ1n) is 8.27. The van der Waals surface area contributed by atoms with Crippen molar-refractivity contribution in [3.05, 3.63) is 24.3 Å². The van der Waals surface area contributed by atoms with Crippen LogP contribution in [0, 0.1) is 5.41 Å². The summed E-state index contributed by atoms with van der Waals surface area (Å²) in [5.41, 5.74) is -0.0734. The van der Waals surface area contributed by atoms with Crippen molar-refractivity contribution in [1.29, 1.82) is 0 Å². The van der Waals surface area contributed by atoms with Gasteiger partial charge >= 0.3 is 5.97 Å². The molecular formula is C18H28N2O4. The summed E-state index contributed by atoms with van der Waals surface area (Å²) in [7, 11) is 1.59. The summed E-state index contributed by atoms with van der Waals surface area (Å²) in [5, 5.41) is 15.4. The Kier molecular flexibility index (Phi) is 7.71. The molecular weight excluding hydrogens is 308 g/mol. The molecule has 0 fully saturated rings. The fraction of sp³-hybridized carbons (Fsp3) is 0.556. The SMILES string of the molecule is CCC(CC)(CNC(C)CC(=O)Nc1ccc(OC)cc1)C(=O)O. The lowest BCUT2D eigenvalue weighted by atomic mass is 9.82. The fourth-order valence-electron chi connectivity index (χ4n) is 2.48. The van der Waals surface area contributed by atoms with E-state index in [-0.39, 0.29) is 18.4 Å². The normalized spacial score (nSPS) is 12.5. The molecule has 134 valence electrons. The molecule has 6 nitrogen and oxygen atoms in total. The van der Waals surface area contributed by atoms with Gasteiger partial charge in [-0.1, -0.05) is 13.8 Å². The van der Waals surface area contributed by atoms with Gasteiger partial charge < -0.3 is 20.5 Å². The second kappa shape index (κ2) is 9.27. The number of carbonyl (C=O) groups excluding carboxylic acids is 1. The number of hydrogen-bond acceptors (Lipinski definition) is 4. The molecule has 1 aromatic rings. The smallest absolute Gasteiger partial charge is 0.310 e. The van der Waals surface area contributed by atoms with Crippen LogP contribution in [0.15, 0.2) is 24.3 Å². The van der Waals surface area contributed by atoms with Crippen LogP contribution in [-0.2, 0) is 9.59 Å². The molecule has 6 heteroatoms. The molecule has 0 aliphatic carbocycles. The van der Waals surface area contributed by atoms with Gasteiger partial charge in [0.2, 0.25) is 5.91 Å². The van der Waals surface area contributed by atoms with Gasteiger partial charge in [0.05, 0.1) is 12.5 Å². The zero-order chi connectivity index (χ0) is 18.2.